The van der Waals surface area contributed by atoms with Crippen LogP contribution in [0.1, 0.15) is 119 Å². The first-order valence-electron chi connectivity index (χ1n) is 18.0. The van der Waals surface area contributed by atoms with Gasteiger partial charge in [-0.2, -0.15) is 0 Å². The van der Waals surface area contributed by atoms with Crippen LogP contribution >= 0.6 is 0 Å². The molecule has 2 N–H and O–H groups in total. The summed E-state index contributed by atoms with van der Waals surface area (Å²) in [5.41, 5.74) is 5.48. The molecule has 0 bridgehead atoms. The number of piperidine rings is 2. The molecule has 0 spiro atoms. The molecule has 1 aromatic carbocycles. The number of likely N-dealkylation sites (tertiary alicyclic amines) is 2. The number of ether oxygens (including phenoxy) is 3. The Bertz CT molecular complexity index is 1460. The number of fused-ring (bicyclic) bond motifs is 1. The highest BCUT2D eigenvalue weighted by Crippen LogP contribution is 2.41. The summed E-state index contributed by atoms with van der Waals surface area (Å²) >= 11 is 0. The van der Waals surface area contributed by atoms with Crippen LogP contribution in [0, 0.1) is 12.7 Å². The van der Waals surface area contributed by atoms with Crippen LogP contribution in [0.5, 0.6) is 0 Å². The normalized spacial score (nSPS) is 25.6. The van der Waals surface area contributed by atoms with Crippen LogP contribution in [-0.4, -0.2) is 106 Å². The van der Waals surface area contributed by atoms with Gasteiger partial charge in [0.15, 0.2) is 0 Å². The largest absolute Gasteiger partial charge is 0.460 e. The average Bonchev–Trinajstić information content (AvgIpc) is 3.32. The number of carbonyl (C=O) groups excluding carboxylic acids is 4. The summed E-state index contributed by atoms with van der Waals surface area (Å²) in [6, 6.07) is 0.649. The molecule has 2 saturated heterocycles. The number of halogens is 2. The molecule has 3 atom stereocenters. The molecule has 0 radical (unpaired) electrons. The smallest absolute Gasteiger partial charge is 0.410 e. The monoisotopic (exact) mass is 704 g/mol. The van der Waals surface area contributed by atoms with Crippen LogP contribution in [0.3, 0.4) is 0 Å². The van der Waals surface area contributed by atoms with Gasteiger partial charge in [-0.05, 0) is 105 Å². The molecule has 0 aromatic heterocycles. The highest BCUT2D eigenvalue weighted by molar-refractivity contribution is 6.02. The van der Waals surface area contributed by atoms with E-state index in [0.29, 0.717) is 31.6 Å². The second-order valence-electron chi connectivity index (χ2n) is 16.4. The number of alkyl halides is 1. The summed E-state index contributed by atoms with van der Waals surface area (Å²) in [5.74, 6) is -3.14. The molecule has 0 unspecified atom stereocenters. The molecular formula is C37H54F2N4O7. The van der Waals surface area contributed by atoms with Crippen molar-refractivity contribution in [1.82, 2.24) is 14.7 Å². The Morgan fingerprint density at radius 1 is 0.980 bits per heavy atom. The number of esters is 1. The van der Waals surface area contributed by atoms with Gasteiger partial charge in [0.2, 0.25) is 5.91 Å². The van der Waals surface area contributed by atoms with E-state index in [1.54, 1.807) is 38.7 Å². The van der Waals surface area contributed by atoms with Gasteiger partial charge < -0.3 is 29.7 Å². The molecule has 278 valence electrons. The fraction of sp³-hybridized carbons (Fsp3) is 0.730. The summed E-state index contributed by atoms with van der Waals surface area (Å²) in [6.45, 7) is 14.3. The number of aryl methyl sites for hydroxylation is 1. The first-order chi connectivity index (χ1) is 23.3. The highest BCUT2D eigenvalue weighted by atomic mass is 19.1. The van der Waals surface area contributed by atoms with Crippen molar-refractivity contribution in [2.24, 2.45) is 5.73 Å². The van der Waals surface area contributed by atoms with Crippen LogP contribution in [0.25, 0.3) is 0 Å². The quantitative estimate of drug-likeness (QED) is 0.350. The topological polar surface area (TPSA) is 132 Å². The number of hydrogen-bond acceptors (Lipinski definition) is 8. The first-order valence-corrected chi connectivity index (χ1v) is 18.0. The van der Waals surface area contributed by atoms with E-state index in [4.69, 9.17) is 19.9 Å². The van der Waals surface area contributed by atoms with Gasteiger partial charge in [-0.15, -0.1) is 0 Å². The average molecular weight is 705 g/mol. The van der Waals surface area contributed by atoms with Crippen molar-refractivity contribution in [2.45, 2.75) is 148 Å². The second-order valence-corrected chi connectivity index (χ2v) is 16.4. The lowest BCUT2D eigenvalue weighted by atomic mass is 9.81. The predicted molar refractivity (Wildman–Crippen MR) is 182 cm³/mol. The van der Waals surface area contributed by atoms with Crippen LogP contribution < -0.4 is 5.73 Å². The lowest BCUT2D eigenvalue weighted by Crippen LogP contribution is -2.54. The standard InChI is InChI=1S/C37H54F2N4O7/c1-21-16-26(32(39)27-19-43(34(46)31(21)27)29(33(40)45)8-9-30(44)49-36(2,3)4)25-12-15-42(20-28(25)38)22-17-24(18-22)48-23-10-13-41(14-11-23)35(47)50-37(5,6)7/h16,22-25,28-29H,8-15,17-20H2,1-7H3,(H2,40,45)/t22-,24-,25-,28-,29-/m0/s1. The summed E-state index contributed by atoms with van der Waals surface area (Å²) in [7, 11) is 0. The van der Waals surface area contributed by atoms with E-state index in [1.165, 1.54) is 4.90 Å². The van der Waals surface area contributed by atoms with Gasteiger partial charge >= 0.3 is 12.1 Å². The van der Waals surface area contributed by atoms with Crippen molar-refractivity contribution in [3.05, 3.63) is 34.1 Å². The maximum Gasteiger partial charge on any atom is 0.410 e. The highest BCUT2D eigenvalue weighted by Gasteiger charge is 2.44. The lowest BCUT2D eigenvalue weighted by Gasteiger charge is -2.47. The number of hydrogen-bond donors (Lipinski definition) is 1. The van der Waals surface area contributed by atoms with E-state index in [0.717, 1.165) is 25.7 Å². The second kappa shape index (κ2) is 14.7. The van der Waals surface area contributed by atoms with Crippen LogP contribution in [-0.2, 0) is 30.3 Å². The lowest BCUT2D eigenvalue weighted by molar-refractivity contribution is -0.155. The number of rotatable bonds is 9. The number of carbonyl (C=O) groups is 4. The van der Waals surface area contributed by atoms with Gasteiger partial charge in [0.05, 0.1) is 24.3 Å². The molecule has 13 heteroatoms. The Hall–Kier alpha value is -3.32. The van der Waals surface area contributed by atoms with E-state index >= 15 is 8.78 Å². The number of nitrogens with two attached hydrogens (primary N) is 1. The fourth-order valence-electron chi connectivity index (χ4n) is 7.67. The Morgan fingerprint density at radius 3 is 2.20 bits per heavy atom. The van der Waals surface area contributed by atoms with E-state index < -0.39 is 52.9 Å². The minimum absolute atomic E-state index is 0.0526. The van der Waals surface area contributed by atoms with Gasteiger partial charge in [-0.25, -0.2) is 13.6 Å². The maximum atomic E-state index is 16.2. The molecule has 3 fully saturated rings. The van der Waals surface area contributed by atoms with Crippen molar-refractivity contribution < 1.29 is 42.2 Å². The number of benzene rings is 1. The van der Waals surface area contributed by atoms with E-state index in [9.17, 15) is 19.2 Å². The van der Waals surface area contributed by atoms with Crippen molar-refractivity contribution in [2.75, 3.05) is 26.2 Å². The molecule has 3 amide bonds. The maximum absolute atomic E-state index is 16.2. The zero-order valence-electron chi connectivity index (χ0n) is 30.6. The third-order valence-corrected chi connectivity index (χ3v) is 10.2. The van der Waals surface area contributed by atoms with Crippen LogP contribution in [0.2, 0.25) is 0 Å². The third kappa shape index (κ3) is 8.75. The number of primary amides is 1. The summed E-state index contributed by atoms with van der Waals surface area (Å²) in [4.78, 5) is 55.6. The van der Waals surface area contributed by atoms with Gasteiger partial charge in [-0.3, -0.25) is 19.3 Å². The Balaban J connectivity index is 1.13. The molecule has 1 aliphatic carbocycles. The minimum Gasteiger partial charge on any atom is -0.460 e. The first kappa shape index (κ1) is 37.9. The zero-order chi connectivity index (χ0) is 36.7. The molecular weight excluding hydrogens is 650 g/mol. The molecule has 1 aromatic rings. The van der Waals surface area contributed by atoms with Gasteiger partial charge in [0.1, 0.15) is 29.2 Å². The molecule has 3 aliphatic heterocycles. The molecule has 50 heavy (non-hydrogen) atoms. The number of nitrogens with zero attached hydrogens (tertiary/aromatic N) is 3. The molecule has 3 heterocycles. The molecule has 5 rings (SSSR count). The fourth-order valence-corrected chi connectivity index (χ4v) is 7.67. The van der Waals surface area contributed by atoms with Crippen LogP contribution in [0.4, 0.5) is 13.6 Å². The van der Waals surface area contributed by atoms with Gasteiger partial charge in [-0.1, -0.05) is 6.07 Å². The van der Waals surface area contributed by atoms with Crippen molar-refractivity contribution >= 4 is 23.9 Å². The van der Waals surface area contributed by atoms with Gasteiger partial charge in [0.25, 0.3) is 5.91 Å². The Kier molecular flexibility index (Phi) is 11.2. The van der Waals surface area contributed by atoms with E-state index in [-0.39, 0.29) is 67.0 Å². The molecule has 11 nitrogen and oxygen atoms in total. The molecule has 4 aliphatic rings. The van der Waals surface area contributed by atoms with Crippen molar-refractivity contribution in [3.63, 3.8) is 0 Å². The van der Waals surface area contributed by atoms with Gasteiger partial charge in [0, 0.05) is 43.6 Å². The van der Waals surface area contributed by atoms with E-state index in [1.807, 2.05) is 20.8 Å². The third-order valence-electron chi connectivity index (χ3n) is 10.2. The summed E-state index contributed by atoms with van der Waals surface area (Å²) < 4.78 is 49.2. The van der Waals surface area contributed by atoms with Crippen LogP contribution in [0.15, 0.2) is 6.07 Å². The Labute approximate surface area is 294 Å². The SMILES string of the molecule is Cc1cc([C@@H]2CCN([C@H]3C[C@H](OC4CCN(C(=O)OC(C)(C)C)CC4)C3)C[C@@H]2F)c(F)c2c1C(=O)N([C@@H](CCC(=O)OC(C)(C)C)C(N)=O)C2. The summed E-state index contributed by atoms with van der Waals surface area (Å²) in [6.07, 6.45) is 1.95. The number of amides is 3. The molecule has 1 saturated carbocycles. The zero-order valence-corrected chi connectivity index (χ0v) is 30.6. The van der Waals surface area contributed by atoms with E-state index in [2.05, 4.69) is 4.90 Å². The minimum atomic E-state index is -1.30. The predicted octanol–water partition coefficient (Wildman–Crippen LogP) is 5.14. The Morgan fingerprint density at radius 2 is 1.62 bits per heavy atom. The summed E-state index contributed by atoms with van der Waals surface area (Å²) in [5, 5.41) is 0. The van der Waals surface area contributed by atoms with Crippen molar-refractivity contribution in [1.29, 1.82) is 0 Å². The van der Waals surface area contributed by atoms with Crippen molar-refractivity contribution in [3.8, 4) is 0 Å².